The van der Waals surface area contributed by atoms with E-state index in [0.717, 1.165) is 11.0 Å². The molecular formula is C10H8BrN3O4. The lowest BCUT2D eigenvalue weighted by Crippen LogP contribution is -2.31. The summed E-state index contributed by atoms with van der Waals surface area (Å²) >= 11 is 3.13. The van der Waals surface area contributed by atoms with E-state index in [1.165, 1.54) is 6.07 Å². The molecule has 1 heterocycles. The van der Waals surface area contributed by atoms with Gasteiger partial charge in [-0.1, -0.05) is 15.9 Å². The van der Waals surface area contributed by atoms with Crippen molar-refractivity contribution in [3.05, 3.63) is 33.4 Å². The fourth-order valence-electron chi connectivity index (χ4n) is 1.79. The van der Waals surface area contributed by atoms with E-state index in [0.29, 0.717) is 5.33 Å². The third-order valence-electron chi connectivity index (χ3n) is 2.62. The molecule has 0 bridgehead atoms. The highest BCUT2D eigenvalue weighted by Gasteiger charge is 2.37. The zero-order valence-electron chi connectivity index (χ0n) is 9.05. The number of hydrogen-bond donors (Lipinski definition) is 1. The monoisotopic (exact) mass is 313 g/mol. The van der Waals surface area contributed by atoms with E-state index in [1.54, 1.807) is 0 Å². The average molecular weight is 314 g/mol. The van der Waals surface area contributed by atoms with E-state index in [2.05, 4.69) is 15.9 Å². The summed E-state index contributed by atoms with van der Waals surface area (Å²) in [6.07, 6.45) is 0. The number of imide groups is 1. The first-order valence-electron chi connectivity index (χ1n) is 4.97. The largest absolute Gasteiger partial charge is 0.393 e. The smallest absolute Gasteiger partial charge is 0.292 e. The van der Waals surface area contributed by atoms with Crippen LogP contribution in [-0.4, -0.2) is 33.5 Å². The molecule has 0 atom stereocenters. The Labute approximate surface area is 110 Å². The van der Waals surface area contributed by atoms with Crippen molar-refractivity contribution in [2.24, 2.45) is 0 Å². The van der Waals surface area contributed by atoms with Gasteiger partial charge in [0.15, 0.2) is 0 Å². The minimum Gasteiger partial charge on any atom is -0.393 e. The molecule has 0 saturated carbocycles. The van der Waals surface area contributed by atoms with E-state index in [-0.39, 0.29) is 29.0 Å². The Hall–Kier alpha value is -1.96. The van der Waals surface area contributed by atoms with Crippen LogP contribution in [0.3, 0.4) is 0 Å². The number of nitrogen functional groups attached to an aromatic ring is 1. The van der Waals surface area contributed by atoms with Crippen LogP contribution >= 0.6 is 15.9 Å². The number of halogens is 1. The van der Waals surface area contributed by atoms with Gasteiger partial charge < -0.3 is 5.73 Å². The summed E-state index contributed by atoms with van der Waals surface area (Å²) < 4.78 is 0. The Morgan fingerprint density at radius 2 is 1.83 bits per heavy atom. The third kappa shape index (κ3) is 1.74. The summed E-state index contributed by atoms with van der Waals surface area (Å²) in [5.74, 6) is -1.01. The van der Waals surface area contributed by atoms with Crippen LogP contribution < -0.4 is 5.73 Å². The van der Waals surface area contributed by atoms with Crippen molar-refractivity contribution in [3.8, 4) is 0 Å². The van der Waals surface area contributed by atoms with Gasteiger partial charge in [-0.05, 0) is 6.07 Å². The van der Waals surface area contributed by atoms with Gasteiger partial charge in [-0.25, -0.2) is 0 Å². The second-order valence-electron chi connectivity index (χ2n) is 3.66. The van der Waals surface area contributed by atoms with Crippen LogP contribution in [0, 0.1) is 10.1 Å². The summed E-state index contributed by atoms with van der Waals surface area (Å²) in [4.78, 5) is 34.9. The average Bonchev–Trinajstić information content (AvgIpc) is 2.53. The van der Waals surface area contributed by atoms with Gasteiger partial charge in [0.1, 0.15) is 5.69 Å². The van der Waals surface area contributed by atoms with Crippen molar-refractivity contribution in [1.82, 2.24) is 4.90 Å². The quantitative estimate of drug-likeness (QED) is 0.296. The molecule has 7 nitrogen and oxygen atoms in total. The molecule has 0 unspecified atom stereocenters. The Bertz CT molecular complexity index is 572. The minimum atomic E-state index is -0.680. The molecule has 2 N–H and O–H groups in total. The van der Waals surface area contributed by atoms with Crippen LogP contribution in [0.1, 0.15) is 20.7 Å². The molecule has 0 spiro atoms. The molecule has 2 amide bonds. The lowest BCUT2D eigenvalue weighted by atomic mass is 10.1. The first-order valence-corrected chi connectivity index (χ1v) is 6.09. The third-order valence-corrected chi connectivity index (χ3v) is 2.98. The van der Waals surface area contributed by atoms with Crippen molar-refractivity contribution in [1.29, 1.82) is 0 Å². The van der Waals surface area contributed by atoms with Crippen LogP contribution in [-0.2, 0) is 0 Å². The second-order valence-corrected chi connectivity index (χ2v) is 4.46. The number of hydrogen-bond acceptors (Lipinski definition) is 5. The molecule has 1 aromatic rings. The summed E-state index contributed by atoms with van der Waals surface area (Å²) in [6.45, 7) is 0.208. The van der Waals surface area contributed by atoms with Crippen molar-refractivity contribution in [2.75, 3.05) is 17.6 Å². The maximum absolute atomic E-state index is 11.9. The molecule has 2 rings (SSSR count). The molecule has 1 aromatic carbocycles. The SMILES string of the molecule is Nc1cc2c(cc1[N+](=O)[O-])C(=O)N(CCBr)C2=O. The Balaban J connectivity index is 2.55. The highest BCUT2D eigenvalue weighted by Crippen LogP contribution is 2.31. The van der Waals surface area contributed by atoms with Crippen LogP contribution in [0.5, 0.6) is 0 Å². The zero-order valence-corrected chi connectivity index (χ0v) is 10.6. The normalized spacial score (nSPS) is 13.9. The summed E-state index contributed by atoms with van der Waals surface area (Å²) in [7, 11) is 0. The number of fused-ring (bicyclic) bond motifs is 1. The van der Waals surface area contributed by atoms with Gasteiger partial charge in [0.05, 0.1) is 16.1 Å². The van der Waals surface area contributed by atoms with E-state index in [9.17, 15) is 19.7 Å². The van der Waals surface area contributed by atoms with Crippen molar-refractivity contribution < 1.29 is 14.5 Å². The molecule has 0 radical (unpaired) electrons. The number of carbonyl (C=O) groups is 2. The number of nitrogens with zero attached hydrogens (tertiary/aromatic N) is 2. The number of alkyl halides is 1. The van der Waals surface area contributed by atoms with Gasteiger partial charge in [-0.2, -0.15) is 0 Å². The van der Waals surface area contributed by atoms with Crippen LogP contribution in [0.2, 0.25) is 0 Å². The number of nitrogens with two attached hydrogens (primary N) is 1. The second kappa shape index (κ2) is 4.37. The predicted molar refractivity (Wildman–Crippen MR) is 66.7 cm³/mol. The van der Waals surface area contributed by atoms with Crippen molar-refractivity contribution >= 4 is 39.1 Å². The Morgan fingerprint density at radius 3 is 2.33 bits per heavy atom. The van der Waals surface area contributed by atoms with Gasteiger partial charge in [0.25, 0.3) is 17.5 Å². The number of rotatable bonds is 3. The van der Waals surface area contributed by atoms with E-state index >= 15 is 0 Å². The summed E-state index contributed by atoms with van der Waals surface area (Å²) in [5, 5.41) is 11.2. The molecule has 0 fully saturated rings. The van der Waals surface area contributed by atoms with Crippen molar-refractivity contribution in [3.63, 3.8) is 0 Å². The van der Waals surface area contributed by atoms with Gasteiger partial charge >= 0.3 is 0 Å². The fourth-order valence-corrected chi connectivity index (χ4v) is 2.14. The number of anilines is 1. The van der Waals surface area contributed by atoms with Crippen LogP contribution in [0.15, 0.2) is 12.1 Å². The molecule has 8 heteroatoms. The number of nitro groups is 1. The topological polar surface area (TPSA) is 107 Å². The van der Waals surface area contributed by atoms with Crippen LogP contribution in [0.4, 0.5) is 11.4 Å². The van der Waals surface area contributed by atoms with E-state index < -0.39 is 16.7 Å². The molecule has 0 aromatic heterocycles. The van der Waals surface area contributed by atoms with E-state index in [4.69, 9.17) is 5.73 Å². The molecule has 0 saturated heterocycles. The van der Waals surface area contributed by atoms with Crippen molar-refractivity contribution in [2.45, 2.75) is 0 Å². The van der Waals surface area contributed by atoms with Crippen LogP contribution in [0.25, 0.3) is 0 Å². The fraction of sp³-hybridized carbons (Fsp3) is 0.200. The number of nitro benzene ring substituents is 1. The molecular weight excluding hydrogens is 306 g/mol. The maximum atomic E-state index is 11.9. The first kappa shape index (κ1) is 12.5. The lowest BCUT2D eigenvalue weighted by Gasteiger charge is -2.10. The molecule has 0 aliphatic carbocycles. The number of carbonyl (C=O) groups excluding carboxylic acids is 2. The number of benzene rings is 1. The standard InChI is InChI=1S/C10H8BrN3O4/c11-1-2-13-9(15)5-3-7(12)8(14(17)18)4-6(5)10(13)16/h3-4H,1-2,12H2. The lowest BCUT2D eigenvalue weighted by molar-refractivity contribution is -0.383. The summed E-state index contributed by atoms with van der Waals surface area (Å²) in [6, 6.07) is 2.24. The van der Waals surface area contributed by atoms with Gasteiger partial charge in [0, 0.05) is 17.9 Å². The highest BCUT2D eigenvalue weighted by atomic mass is 79.9. The molecule has 94 valence electrons. The van der Waals surface area contributed by atoms with Gasteiger partial charge in [0.2, 0.25) is 0 Å². The summed E-state index contributed by atoms with van der Waals surface area (Å²) in [5.41, 5.74) is 5.14. The molecule has 1 aliphatic rings. The van der Waals surface area contributed by atoms with Gasteiger partial charge in [-0.15, -0.1) is 0 Å². The van der Waals surface area contributed by atoms with E-state index in [1.807, 2.05) is 0 Å². The molecule has 1 aliphatic heterocycles. The zero-order chi connectivity index (χ0) is 13.4. The first-order chi connectivity index (χ1) is 8.47. The predicted octanol–water partition coefficient (Wildman–Crippen LogP) is 1.17. The Kier molecular flexibility index (Phi) is 3.04. The Morgan fingerprint density at radius 1 is 1.28 bits per heavy atom. The molecule has 18 heavy (non-hydrogen) atoms. The minimum absolute atomic E-state index is 0.0295. The van der Waals surface area contributed by atoms with Gasteiger partial charge in [-0.3, -0.25) is 24.6 Å². The number of amides is 2. The highest BCUT2D eigenvalue weighted by molar-refractivity contribution is 9.09. The maximum Gasteiger partial charge on any atom is 0.292 e.